The van der Waals surface area contributed by atoms with Crippen LogP contribution in [0.2, 0.25) is 5.02 Å². The molecule has 1 aliphatic heterocycles. The van der Waals surface area contributed by atoms with Gasteiger partial charge in [-0.05, 0) is 25.0 Å². The molecule has 0 saturated carbocycles. The first-order valence-corrected chi connectivity index (χ1v) is 7.85. The Hall–Kier alpha value is -1.92. The van der Waals surface area contributed by atoms with E-state index in [2.05, 4.69) is 15.3 Å². The van der Waals surface area contributed by atoms with Crippen molar-refractivity contribution >= 4 is 17.5 Å². The number of benzene rings is 1. The summed E-state index contributed by atoms with van der Waals surface area (Å²) >= 11 is 5.72. The maximum Gasteiger partial charge on any atom is 0.226 e. The molecule has 2 atom stereocenters. The van der Waals surface area contributed by atoms with E-state index in [1.54, 1.807) is 24.5 Å². The van der Waals surface area contributed by atoms with Crippen molar-refractivity contribution < 1.29 is 13.9 Å². The highest BCUT2D eigenvalue weighted by Gasteiger charge is 2.34. The van der Waals surface area contributed by atoms with Crippen LogP contribution in [0.4, 0.5) is 4.39 Å². The smallest absolute Gasteiger partial charge is 0.226 e. The van der Waals surface area contributed by atoms with Crippen molar-refractivity contribution in [2.75, 3.05) is 6.61 Å². The van der Waals surface area contributed by atoms with Gasteiger partial charge in [0.2, 0.25) is 5.91 Å². The molecule has 7 heteroatoms. The fraction of sp³-hybridized carbons (Fsp3) is 0.375. The van der Waals surface area contributed by atoms with Crippen molar-refractivity contribution in [3.63, 3.8) is 0 Å². The van der Waals surface area contributed by atoms with Crippen LogP contribution in [0.15, 0.2) is 30.6 Å². The molecule has 2 N–H and O–H groups in total. The highest BCUT2D eigenvalue weighted by molar-refractivity contribution is 6.30. The summed E-state index contributed by atoms with van der Waals surface area (Å²) in [5.41, 5.74) is 0.397. The first kappa shape index (κ1) is 16.0. The molecular formula is C16H17ClFN3O2. The van der Waals surface area contributed by atoms with Gasteiger partial charge >= 0.3 is 0 Å². The molecule has 1 saturated heterocycles. The average molecular weight is 338 g/mol. The Bertz CT molecular complexity index is 678. The number of nitrogens with one attached hydrogen (secondary N) is 2. The molecule has 2 heterocycles. The summed E-state index contributed by atoms with van der Waals surface area (Å²) in [4.78, 5) is 19.6. The number of aromatic nitrogens is 2. The SMILES string of the molecule is O=C(NCc1ccc(Cl)cc1F)[C@@H]1CCCO[C@H]1c1ncc[nH]1. The van der Waals surface area contributed by atoms with Gasteiger partial charge in [-0.25, -0.2) is 9.37 Å². The first-order chi connectivity index (χ1) is 11.1. The lowest BCUT2D eigenvalue weighted by Crippen LogP contribution is -2.37. The van der Waals surface area contributed by atoms with Crippen LogP contribution in [0.3, 0.4) is 0 Å². The summed E-state index contributed by atoms with van der Waals surface area (Å²) in [6.07, 6.45) is 4.45. The molecule has 2 aromatic rings. The van der Waals surface area contributed by atoms with Crippen LogP contribution >= 0.6 is 11.6 Å². The first-order valence-electron chi connectivity index (χ1n) is 7.47. The minimum atomic E-state index is -0.430. The highest BCUT2D eigenvalue weighted by atomic mass is 35.5. The number of rotatable bonds is 4. The maximum absolute atomic E-state index is 13.8. The number of halogens is 2. The lowest BCUT2D eigenvalue weighted by molar-refractivity contribution is -0.135. The van der Waals surface area contributed by atoms with Crippen LogP contribution in [0.5, 0.6) is 0 Å². The molecule has 122 valence electrons. The molecule has 0 radical (unpaired) electrons. The van der Waals surface area contributed by atoms with Crippen molar-refractivity contribution in [1.29, 1.82) is 0 Å². The molecule has 1 aromatic carbocycles. The van der Waals surface area contributed by atoms with E-state index in [4.69, 9.17) is 16.3 Å². The lowest BCUT2D eigenvalue weighted by Gasteiger charge is -2.29. The van der Waals surface area contributed by atoms with Gasteiger partial charge in [-0.1, -0.05) is 17.7 Å². The summed E-state index contributed by atoms with van der Waals surface area (Å²) in [7, 11) is 0. The van der Waals surface area contributed by atoms with Crippen molar-refractivity contribution in [3.05, 3.63) is 52.8 Å². The number of ether oxygens (including phenoxy) is 1. The molecule has 1 aromatic heterocycles. The molecular weight excluding hydrogens is 321 g/mol. The van der Waals surface area contributed by atoms with Gasteiger partial charge in [0, 0.05) is 36.1 Å². The zero-order valence-electron chi connectivity index (χ0n) is 12.4. The number of aromatic amines is 1. The van der Waals surface area contributed by atoms with E-state index in [0.717, 1.165) is 6.42 Å². The van der Waals surface area contributed by atoms with Crippen molar-refractivity contribution in [3.8, 4) is 0 Å². The van der Waals surface area contributed by atoms with E-state index in [0.29, 0.717) is 29.4 Å². The molecule has 1 amide bonds. The third-order valence-electron chi connectivity index (χ3n) is 3.92. The topological polar surface area (TPSA) is 67.0 Å². The van der Waals surface area contributed by atoms with Gasteiger partial charge in [0.15, 0.2) is 0 Å². The van der Waals surface area contributed by atoms with Crippen LogP contribution in [0.25, 0.3) is 0 Å². The van der Waals surface area contributed by atoms with Gasteiger partial charge < -0.3 is 15.0 Å². The van der Waals surface area contributed by atoms with Crippen LogP contribution in [0, 0.1) is 11.7 Å². The van der Waals surface area contributed by atoms with Crippen molar-refractivity contribution in [1.82, 2.24) is 15.3 Å². The van der Waals surface area contributed by atoms with Gasteiger partial charge in [0.05, 0.1) is 5.92 Å². The van der Waals surface area contributed by atoms with Gasteiger partial charge in [-0.3, -0.25) is 4.79 Å². The number of hydrogen-bond acceptors (Lipinski definition) is 3. The Balaban J connectivity index is 1.66. The molecule has 23 heavy (non-hydrogen) atoms. The molecule has 0 aliphatic carbocycles. The zero-order valence-corrected chi connectivity index (χ0v) is 13.1. The second-order valence-electron chi connectivity index (χ2n) is 5.47. The van der Waals surface area contributed by atoms with Crippen molar-refractivity contribution in [2.24, 2.45) is 5.92 Å². The summed E-state index contributed by atoms with van der Waals surface area (Å²) in [5, 5.41) is 3.11. The number of nitrogens with zero attached hydrogens (tertiary/aromatic N) is 1. The largest absolute Gasteiger partial charge is 0.369 e. The molecule has 0 spiro atoms. The minimum absolute atomic E-state index is 0.114. The predicted octanol–water partition coefficient (Wildman–Crippen LogP) is 2.99. The number of amides is 1. The Morgan fingerprint density at radius 2 is 2.39 bits per heavy atom. The summed E-state index contributed by atoms with van der Waals surface area (Å²) in [6, 6.07) is 4.40. The number of hydrogen-bond donors (Lipinski definition) is 2. The summed E-state index contributed by atoms with van der Waals surface area (Å²) in [6.45, 7) is 0.712. The Morgan fingerprint density at radius 3 is 3.13 bits per heavy atom. The Labute approximate surface area is 138 Å². The van der Waals surface area contributed by atoms with Gasteiger partial charge in [0.1, 0.15) is 17.7 Å². The summed E-state index contributed by atoms with van der Waals surface area (Å²) < 4.78 is 19.5. The number of carbonyl (C=O) groups excluding carboxylic acids is 1. The number of imidazole rings is 1. The Kier molecular flexibility index (Phi) is 4.93. The highest BCUT2D eigenvalue weighted by Crippen LogP contribution is 2.32. The van der Waals surface area contributed by atoms with E-state index in [-0.39, 0.29) is 18.4 Å². The standard InChI is InChI=1S/C16H17ClFN3O2/c17-11-4-3-10(13(18)8-11)9-21-16(22)12-2-1-7-23-14(12)15-19-5-6-20-15/h3-6,8,12,14H,1-2,7,9H2,(H,19,20)(H,21,22)/t12-,14-/m1/s1. The Morgan fingerprint density at radius 1 is 1.52 bits per heavy atom. The second kappa shape index (κ2) is 7.10. The lowest BCUT2D eigenvalue weighted by atomic mass is 9.92. The molecule has 0 bridgehead atoms. The van der Waals surface area contributed by atoms with Crippen LogP contribution < -0.4 is 5.32 Å². The van der Waals surface area contributed by atoms with Crippen LogP contribution in [-0.4, -0.2) is 22.5 Å². The molecule has 0 unspecified atom stereocenters. The van der Waals surface area contributed by atoms with Crippen LogP contribution in [-0.2, 0) is 16.1 Å². The summed E-state index contributed by atoms with van der Waals surface area (Å²) in [5.74, 6) is -0.298. The molecule has 3 rings (SSSR count). The maximum atomic E-state index is 13.8. The predicted molar refractivity (Wildman–Crippen MR) is 83.3 cm³/mol. The third kappa shape index (κ3) is 3.71. The van der Waals surface area contributed by atoms with Gasteiger partial charge in [-0.2, -0.15) is 0 Å². The average Bonchev–Trinajstić information content (AvgIpc) is 3.08. The van der Waals surface area contributed by atoms with E-state index < -0.39 is 11.9 Å². The van der Waals surface area contributed by atoms with Gasteiger partial charge in [-0.15, -0.1) is 0 Å². The normalized spacial score (nSPS) is 21.1. The monoisotopic (exact) mass is 337 g/mol. The fourth-order valence-corrected chi connectivity index (χ4v) is 2.89. The third-order valence-corrected chi connectivity index (χ3v) is 4.15. The second-order valence-corrected chi connectivity index (χ2v) is 5.90. The van der Waals surface area contributed by atoms with Crippen molar-refractivity contribution in [2.45, 2.75) is 25.5 Å². The number of carbonyl (C=O) groups is 1. The van der Waals surface area contributed by atoms with E-state index in [9.17, 15) is 9.18 Å². The molecule has 5 nitrogen and oxygen atoms in total. The van der Waals surface area contributed by atoms with E-state index in [1.807, 2.05) is 0 Å². The number of H-pyrrole nitrogens is 1. The zero-order chi connectivity index (χ0) is 16.2. The molecule has 1 aliphatic rings. The quantitative estimate of drug-likeness (QED) is 0.901. The minimum Gasteiger partial charge on any atom is -0.369 e. The van der Waals surface area contributed by atoms with E-state index >= 15 is 0 Å². The van der Waals surface area contributed by atoms with Crippen LogP contribution in [0.1, 0.15) is 30.3 Å². The van der Waals surface area contributed by atoms with Gasteiger partial charge in [0.25, 0.3) is 0 Å². The fourth-order valence-electron chi connectivity index (χ4n) is 2.73. The molecule has 1 fully saturated rings. The van der Waals surface area contributed by atoms with E-state index in [1.165, 1.54) is 6.07 Å².